The maximum atomic E-state index is 12.8. The lowest BCUT2D eigenvalue weighted by Crippen LogP contribution is -2.02. The molecule has 0 radical (unpaired) electrons. The molecular formula is C15H12F2N2OS. The van der Waals surface area contributed by atoms with Crippen molar-refractivity contribution in [3.05, 3.63) is 54.6 Å². The molecule has 0 saturated heterocycles. The molecule has 0 amide bonds. The predicted octanol–water partition coefficient (Wildman–Crippen LogP) is 4.43. The molecule has 0 saturated carbocycles. The van der Waals surface area contributed by atoms with Crippen LogP contribution in [0.1, 0.15) is 12.4 Å². The van der Waals surface area contributed by atoms with Gasteiger partial charge in [-0.25, -0.2) is 4.98 Å². The number of hydrogen-bond donors (Lipinski definition) is 1. The molecule has 0 atom stereocenters. The van der Waals surface area contributed by atoms with Crippen LogP contribution in [0.15, 0.2) is 53.7 Å². The lowest BCUT2D eigenvalue weighted by atomic mass is 10.1. The summed E-state index contributed by atoms with van der Waals surface area (Å²) in [6.07, 6.45) is 2.65. The van der Waals surface area contributed by atoms with Crippen molar-refractivity contribution in [2.45, 2.75) is 17.2 Å². The van der Waals surface area contributed by atoms with Gasteiger partial charge in [0.2, 0.25) is 0 Å². The third-order valence-electron chi connectivity index (χ3n) is 3.18. The van der Waals surface area contributed by atoms with Gasteiger partial charge in [-0.15, -0.1) is 11.8 Å². The van der Waals surface area contributed by atoms with E-state index in [1.807, 2.05) is 24.3 Å². The minimum Gasteiger partial charge on any atom is -0.507 e. The first-order valence-electron chi connectivity index (χ1n) is 6.30. The Balaban J connectivity index is 1.89. The van der Waals surface area contributed by atoms with Crippen molar-refractivity contribution in [3.8, 4) is 5.75 Å². The second kappa shape index (κ2) is 5.73. The first-order chi connectivity index (χ1) is 10.2. The van der Waals surface area contributed by atoms with Crippen LogP contribution in [0.2, 0.25) is 0 Å². The number of imidazole rings is 1. The van der Waals surface area contributed by atoms with Gasteiger partial charge >= 0.3 is 6.55 Å². The zero-order chi connectivity index (χ0) is 14.8. The van der Waals surface area contributed by atoms with Crippen LogP contribution in [-0.2, 0) is 5.75 Å². The van der Waals surface area contributed by atoms with Gasteiger partial charge in [0.1, 0.15) is 11.6 Å². The molecule has 3 aromatic rings. The standard InChI is InChI=1S/C15H12F2N2OS/c16-15(17)19-8-7-18-14(19)9-21-13-6-5-12(20)10-3-1-2-4-11(10)13/h1-8,15,20H,9H2. The molecule has 0 fully saturated rings. The minimum absolute atomic E-state index is 0.212. The summed E-state index contributed by atoms with van der Waals surface area (Å²) < 4.78 is 26.4. The van der Waals surface area contributed by atoms with E-state index in [0.29, 0.717) is 11.6 Å². The number of benzene rings is 2. The van der Waals surface area contributed by atoms with Gasteiger partial charge in [-0.05, 0) is 17.5 Å². The van der Waals surface area contributed by atoms with Crippen molar-refractivity contribution >= 4 is 22.5 Å². The van der Waals surface area contributed by atoms with Crippen LogP contribution in [0.25, 0.3) is 10.8 Å². The van der Waals surface area contributed by atoms with E-state index in [0.717, 1.165) is 20.2 Å². The summed E-state index contributed by atoms with van der Waals surface area (Å²) in [7, 11) is 0. The smallest absolute Gasteiger partial charge is 0.319 e. The molecule has 0 aliphatic heterocycles. The third kappa shape index (κ3) is 2.71. The molecule has 2 aromatic carbocycles. The van der Waals surface area contributed by atoms with Gasteiger partial charge in [0.25, 0.3) is 0 Å². The number of rotatable bonds is 4. The highest BCUT2D eigenvalue weighted by molar-refractivity contribution is 7.98. The van der Waals surface area contributed by atoms with Gasteiger partial charge in [-0.2, -0.15) is 8.78 Å². The zero-order valence-electron chi connectivity index (χ0n) is 10.9. The van der Waals surface area contributed by atoms with Crippen molar-refractivity contribution in [2.75, 3.05) is 0 Å². The summed E-state index contributed by atoms with van der Waals surface area (Å²) in [5, 5.41) is 11.5. The van der Waals surface area contributed by atoms with Crippen LogP contribution >= 0.6 is 11.8 Å². The Morgan fingerprint density at radius 3 is 2.67 bits per heavy atom. The molecule has 1 aromatic heterocycles. The summed E-state index contributed by atoms with van der Waals surface area (Å²) in [4.78, 5) is 4.89. The largest absolute Gasteiger partial charge is 0.507 e. The predicted molar refractivity (Wildman–Crippen MR) is 78.7 cm³/mol. The molecule has 1 N–H and O–H groups in total. The molecule has 3 rings (SSSR count). The highest BCUT2D eigenvalue weighted by Crippen LogP contribution is 2.34. The topological polar surface area (TPSA) is 38.1 Å². The Morgan fingerprint density at radius 2 is 1.90 bits per heavy atom. The minimum atomic E-state index is -2.58. The Morgan fingerprint density at radius 1 is 1.14 bits per heavy atom. The number of thioether (sulfide) groups is 1. The Kier molecular flexibility index (Phi) is 3.79. The lowest BCUT2D eigenvalue weighted by molar-refractivity contribution is 0.0678. The van der Waals surface area contributed by atoms with Crippen molar-refractivity contribution in [3.63, 3.8) is 0 Å². The third-order valence-corrected chi connectivity index (χ3v) is 4.25. The van der Waals surface area contributed by atoms with Gasteiger partial charge in [-0.1, -0.05) is 24.3 Å². The van der Waals surface area contributed by atoms with Crippen molar-refractivity contribution in [2.24, 2.45) is 0 Å². The second-order valence-corrected chi connectivity index (χ2v) is 5.46. The zero-order valence-corrected chi connectivity index (χ0v) is 11.7. The van der Waals surface area contributed by atoms with E-state index in [1.165, 1.54) is 24.2 Å². The molecule has 108 valence electrons. The normalized spacial score (nSPS) is 11.4. The van der Waals surface area contributed by atoms with Crippen molar-refractivity contribution in [1.29, 1.82) is 0 Å². The number of nitrogens with zero attached hydrogens (tertiary/aromatic N) is 2. The fourth-order valence-corrected chi connectivity index (χ4v) is 3.16. The van der Waals surface area contributed by atoms with Crippen LogP contribution in [0.4, 0.5) is 8.78 Å². The van der Waals surface area contributed by atoms with Crippen LogP contribution < -0.4 is 0 Å². The molecule has 3 nitrogen and oxygen atoms in total. The summed E-state index contributed by atoms with van der Waals surface area (Å²) >= 11 is 1.42. The van der Waals surface area contributed by atoms with Crippen molar-refractivity contribution in [1.82, 2.24) is 9.55 Å². The van der Waals surface area contributed by atoms with Gasteiger partial charge in [0.15, 0.2) is 0 Å². The van der Waals surface area contributed by atoms with E-state index in [2.05, 4.69) is 4.98 Å². The van der Waals surface area contributed by atoms with Crippen LogP contribution in [-0.4, -0.2) is 14.7 Å². The molecule has 0 aliphatic rings. The van der Waals surface area contributed by atoms with Crippen LogP contribution in [0, 0.1) is 0 Å². The number of aromatic nitrogens is 2. The van der Waals surface area contributed by atoms with E-state index in [-0.39, 0.29) is 5.75 Å². The van der Waals surface area contributed by atoms with Crippen LogP contribution in [0.3, 0.4) is 0 Å². The molecular weight excluding hydrogens is 294 g/mol. The number of hydrogen-bond acceptors (Lipinski definition) is 3. The number of phenols is 1. The van der Waals surface area contributed by atoms with Gasteiger partial charge in [-0.3, -0.25) is 4.57 Å². The van der Waals surface area contributed by atoms with E-state index in [4.69, 9.17) is 0 Å². The second-order valence-electron chi connectivity index (χ2n) is 4.45. The van der Waals surface area contributed by atoms with Gasteiger partial charge < -0.3 is 5.11 Å². The summed E-state index contributed by atoms with van der Waals surface area (Å²) in [5.41, 5.74) is 0. The Labute approximate surface area is 124 Å². The Hall–Kier alpha value is -2.08. The summed E-state index contributed by atoms with van der Waals surface area (Å²) in [6.45, 7) is -2.58. The lowest BCUT2D eigenvalue weighted by Gasteiger charge is -2.09. The highest BCUT2D eigenvalue weighted by Gasteiger charge is 2.12. The first kappa shape index (κ1) is 13.9. The maximum absolute atomic E-state index is 12.8. The average Bonchev–Trinajstić information content (AvgIpc) is 2.96. The molecule has 0 aliphatic carbocycles. The average molecular weight is 306 g/mol. The molecule has 0 unspecified atom stereocenters. The number of halogens is 2. The maximum Gasteiger partial charge on any atom is 0.319 e. The van der Waals surface area contributed by atoms with Gasteiger partial charge in [0, 0.05) is 22.7 Å². The monoisotopic (exact) mass is 306 g/mol. The van der Waals surface area contributed by atoms with E-state index < -0.39 is 6.55 Å². The Bertz CT molecular complexity index is 773. The molecule has 0 bridgehead atoms. The number of fused-ring (bicyclic) bond motifs is 1. The fraction of sp³-hybridized carbons (Fsp3) is 0.133. The fourth-order valence-electron chi connectivity index (χ4n) is 2.16. The SMILES string of the molecule is Oc1ccc(SCc2nccn2C(F)F)c2ccccc12. The molecule has 21 heavy (non-hydrogen) atoms. The molecule has 1 heterocycles. The van der Waals surface area contributed by atoms with Crippen LogP contribution in [0.5, 0.6) is 5.75 Å². The van der Waals surface area contributed by atoms with E-state index in [9.17, 15) is 13.9 Å². The number of phenolic OH excluding ortho intramolecular Hbond substituents is 1. The molecule has 6 heteroatoms. The van der Waals surface area contributed by atoms with E-state index >= 15 is 0 Å². The first-order valence-corrected chi connectivity index (χ1v) is 7.29. The quantitative estimate of drug-likeness (QED) is 0.725. The number of aromatic hydroxyl groups is 1. The summed E-state index contributed by atoms with van der Waals surface area (Å²) in [6, 6.07) is 10.9. The summed E-state index contributed by atoms with van der Waals surface area (Å²) in [5.74, 6) is 0.878. The van der Waals surface area contributed by atoms with Crippen molar-refractivity contribution < 1.29 is 13.9 Å². The van der Waals surface area contributed by atoms with E-state index in [1.54, 1.807) is 12.1 Å². The van der Waals surface area contributed by atoms with Gasteiger partial charge in [0.05, 0.1) is 5.75 Å². The number of alkyl halides is 2. The molecule has 0 spiro atoms. The highest BCUT2D eigenvalue weighted by atomic mass is 32.2.